The number of methoxy groups -OCH3 is 1. The first kappa shape index (κ1) is 22.8. The molecule has 1 saturated carbocycles. The number of fused-ring (bicyclic) bond motifs is 1. The summed E-state index contributed by atoms with van der Waals surface area (Å²) in [6.45, 7) is 1.29. The number of ether oxygens (including phenoxy) is 3. The van der Waals surface area contributed by atoms with Gasteiger partial charge in [-0.25, -0.2) is 13.2 Å². The van der Waals surface area contributed by atoms with Crippen LogP contribution in [0, 0.1) is 5.92 Å². The number of amides is 1. The van der Waals surface area contributed by atoms with Crippen molar-refractivity contribution in [1.82, 2.24) is 9.62 Å². The Bertz CT molecular complexity index is 964. The van der Waals surface area contributed by atoms with Gasteiger partial charge < -0.3 is 19.5 Å². The number of carbonyl (C=O) groups is 2. The van der Waals surface area contributed by atoms with Gasteiger partial charge >= 0.3 is 5.97 Å². The van der Waals surface area contributed by atoms with Gasteiger partial charge in [-0.05, 0) is 37.8 Å². The third-order valence-electron chi connectivity index (χ3n) is 6.62. The highest BCUT2D eigenvalue weighted by molar-refractivity contribution is 7.89. The summed E-state index contributed by atoms with van der Waals surface area (Å²) in [4.78, 5) is 25.5. The fourth-order valence-corrected chi connectivity index (χ4v) is 6.25. The van der Waals surface area contributed by atoms with Gasteiger partial charge in [-0.2, -0.15) is 4.31 Å². The predicted molar refractivity (Wildman–Crippen MR) is 115 cm³/mol. The molecule has 1 aromatic carbocycles. The lowest BCUT2D eigenvalue weighted by molar-refractivity contribution is -0.153. The zero-order valence-corrected chi connectivity index (χ0v) is 19.1. The lowest BCUT2D eigenvalue weighted by Gasteiger charge is -2.37. The van der Waals surface area contributed by atoms with Crippen LogP contribution >= 0.6 is 0 Å². The number of nitrogens with one attached hydrogen (secondary N) is 1. The standard InChI is InChI=1S/C22H30N2O7S/c1-29-21(26)22(9-3-2-4-10-22)23-20(25)16-7-11-24(12-8-16)32(27,28)17-5-6-18-19(15-17)31-14-13-30-18/h5-6,15-16H,2-4,7-14H2,1H3,(H,23,25). The van der Waals surface area contributed by atoms with Crippen molar-refractivity contribution in [3.63, 3.8) is 0 Å². The van der Waals surface area contributed by atoms with Crippen molar-refractivity contribution in [2.45, 2.75) is 55.4 Å². The van der Waals surface area contributed by atoms with Crippen LogP contribution in [0.5, 0.6) is 11.5 Å². The molecule has 176 valence electrons. The van der Waals surface area contributed by atoms with E-state index in [1.54, 1.807) is 6.07 Å². The van der Waals surface area contributed by atoms with E-state index in [0.717, 1.165) is 19.3 Å². The van der Waals surface area contributed by atoms with E-state index in [4.69, 9.17) is 14.2 Å². The molecule has 1 N–H and O–H groups in total. The summed E-state index contributed by atoms with van der Waals surface area (Å²) in [6, 6.07) is 4.62. The predicted octanol–water partition coefficient (Wildman–Crippen LogP) is 1.85. The highest BCUT2D eigenvalue weighted by Gasteiger charge is 2.43. The van der Waals surface area contributed by atoms with Gasteiger partial charge in [-0.1, -0.05) is 19.3 Å². The van der Waals surface area contributed by atoms with Gasteiger partial charge in [0.25, 0.3) is 0 Å². The Morgan fingerprint density at radius 3 is 2.38 bits per heavy atom. The molecule has 2 heterocycles. The fraction of sp³-hybridized carbons (Fsp3) is 0.636. The lowest BCUT2D eigenvalue weighted by atomic mass is 9.81. The van der Waals surface area contributed by atoms with Crippen LogP contribution in [0.3, 0.4) is 0 Å². The normalized spacial score (nSPS) is 21.5. The third-order valence-corrected chi connectivity index (χ3v) is 8.52. The van der Waals surface area contributed by atoms with E-state index in [2.05, 4.69) is 5.32 Å². The van der Waals surface area contributed by atoms with Gasteiger partial charge in [0.15, 0.2) is 11.5 Å². The molecule has 0 aromatic heterocycles. The molecule has 1 aliphatic carbocycles. The largest absolute Gasteiger partial charge is 0.486 e. The van der Waals surface area contributed by atoms with Gasteiger partial charge in [-0.3, -0.25) is 4.79 Å². The highest BCUT2D eigenvalue weighted by Crippen LogP contribution is 2.34. The molecule has 0 atom stereocenters. The molecule has 0 bridgehead atoms. The van der Waals surface area contributed by atoms with E-state index >= 15 is 0 Å². The Labute approximate surface area is 188 Å². The molecule has 32 heavy (non-hydrogen) atoms. The third kappa shape index (κ3) is 4.43. The fourth-order valence-electron chi connectivity index (χ4n) is 4.76. The van der Waals surface area contributed by atoms with Crippen molar-refractivity contribution in [2.24, 2.45) is 5.92 Å². The SMILES string of the molecule is COC(=O)C1(NC(=O)C2CCN(S(=O)(=O)c3ccc4c(c3)OCCO4)CC2)CCCCC1. The van der Waals surface area contributed by atoms with E-state index in [1.807, 2.05) is 0 Å². The molecule has 1 amide bonds. The van der Waals surface area contributed by atoms with E-state index in [0.29, 0.717) is 50.4 Å². The van der Waals surface area contributed by atoms with Crippen molar-refractivity contribution in [3.8, 4) is 11.5 Å². The van der Waals surface area contributed by atoms with Crippen molar-refractivity contribution in [1.29, 1.82) is 0 Å². The first-order valence-corrected chi connectivity index (χ1v) is 12.6. The van der Waals surface area contributed by atoms with Gasteiger partial charge in [-0.15, -0.1) is 0 Å². The van der Waals surface area contributed by atoms with Crippen molar-refractivity contribution in [2.75, 3.05) is 33.4 Å². The van der Waals surface area contributed by atoms with E-state index < -0.39 is 21.5 Å². The zero-order valence-electron chi connectivity index (χ0n) is 18.3. The molecule has 3 aliphatic rings. The summed E-state index contributed by atoms with van der Waals surface area (Å²) in [5, 5.41) is 2.96. The first-order valence-electron chi connectivity index (χ1n) is 11.2. The molecule has 1 aromatic rings. The Morgan fingerprint density at radius 2 is 1.72 bits per heavy atom. The minimum Gasteiger partial charge on any atom is -0.486 e. The number of hydrogen-bond donors (Lipinski definition) is 1. The van der Waals surface area contributed by atoms with Crippen molar-refractivity contribution >= 4 is 21.9 Å². The minimum atomic E-state index is -3.71. The molecular weight excluding hydrogens is 436 g/mol. The number of esters is 1. The van der Waals surface area contributed by atoms with Crippen molar-refractivity contribution < 1.29 is 32.2 Å². The first-order chi connectivity index (χ1) is 15.4. The number of piperidine rings is 1. The summed E-state index contributed by atoms with van der Waals surface area (Å²) in [5.74, 6) is 0.0167. The van der Waals surface area contributed by atoms with Gasteiger partial charge in [0.2, 0.25) is 15.9 Å². The summed E-state index contributed by atoms with van der Waals surface area (Å²) in [5.41, 5.74) is -0.960. The average Bonchev–Trinajstić information content (AvgIpc) is 2.83. The second-order valence-corrected chi connectivity index (χ2v) is 10.5. The number of carbonyl (C=O) groups excluding carboxylic acids is 2. The Morgan fingerprint density at radius 1 is 1.06 bits per heavy atom. The van der Waals surface area contributed by atoms with Crippen LogP contribution in [-0.4, -0.2) is 63.6 Å². The number of benzene rings is 1. The maximum absolute atomic E-state index is 13.1. The average molecular weight is 467 g/mol. The molecule has 10 heteroatoms. The molecule has 0 unspecified atom stereocenters. The van der Waals surface area contributed by atoms with Gasteiger partial charge in [0.1, 0.15) is 18.8 Å². The van der Waals surface area contributed by atoms with E-state index in [-0.39, 0.29) is 29.8 Å². The molecule has 4 rings (SSSR count). The summed E-state index contributed by atoms with van der Waals surface area (Å²) in [7, 11) is -2.37. The topological polar surface area (TPSA) is 111 Å². The number of sulfonamides is 1. The number of rotatable bonds is 5. The molecule has 0 spiro atoms. The maximum Gasteiger partial charge on any atom is 0.331 e. The van der Waals surface area contributed by atoms with Crippen LogP contribution in [0.15, 0.2) is 23.1 Å². The van der Waals surface area contributed by atoms with E-state index in [1.165, 1.54) is 23.5 Å². The van der Waals surface area contributed by atoms with Crippen molar-refractivity contribution in [3.05, 3.63) is 18.2 Å². The maximum atomic E-state index is 13.1. The molecule has 0 radical (unpaired) electrons. The minimum absolute atomic E-state index is 0.150. The van der Waals surface area contributed by atoms with Crippen LogP contribution in [0.25, 0.3) is 0 Å². The van der Waals surface area contributed by atoms with Crippen LogP contribution < -0.4 is 14.8 Å². The van der Waals surface area contributed by atoms with Crippen LogP contribution in [0.1, 0.15) is 44.9 Å². The molecule has 1 saturated heterocycles. The summed E-state index contributed by atoms with van der Waals surface area (Å²) < 4.78 is 43.6. The Hall–Kier alpha value is -2.33. The number of nitrogens with zero attached hydrogens (tertiary/aromatic N) is 1. The second-order valence-electron chi connectivity index (χ2n) is 8.61. The molecular formula is C22H30N2O7S. The van der Waals surface area contributed by atoms with Crippen LogP contribution in [0.2, 0.25) is 0 Å². The van der Waals surface area contributed by atoms with Gasteiger partial charge in [0.05, 0.1) is 12.0 Å². The van der Waals surface area contributed by atoms with Crippen LogP contribution in [0.4, 0.5) is 0 Å². The van der Waals surface area contributed by atoms with E-state index in [9.17, 15) is 18.0 Å². The zero-order chi connectivity index (χ0) is 22.8. The van der Waals surface area contributed by atoms with Gasteiger partial charge in [0, 0.05) is 25.1 Å². The Balaban J connectivity index is 1.40. The second kappa shape index (κ2) is 9.27. The monoisotopic (exact) mass is 466 g/mol. The molecule has 9 nitrogen and oxygen atoms in total. The lowest BCUT2D eigenvalue weighted by Crippen LogP contribution is -2.58. The van der Waals surface area contributed by atoms with Crippen LogP contribution in [-0.2, 0) is 24.3 Å². The summed E-state index contributed by atoms with van der Waals surface area (Å²) >= 11 is 0. The quantitative estimate of drug-likeness (QED) is 0.659. The molecule has 2 fully saturated rings. The smallest absolute Gasteiger partial charge is 0.331 e. The molecule has 2 aliphatic heterocycles. The number of hydrogen-bond acceptors (Lipinski definition) is 7. The highest BCUT2D eigenvalue weighted by atomic mass is 32.2. The summed E-state index contributed by atoms with van der Waals surface area (Å²) in [6.07, 6.45) is 4.69. The Kier molecular flexibility index (Phi) is 6.62.